The smallest absolute Gasteiger partial charge is 0.328 e. The number of esters is 1. The molecule has 13 heteroatoms. The number of morpholine rings is 1. The van der Waals surface area contributed by atoms with Crippen molar-refractivity contribution in [3.63, 3.8) is 0 Å². The lowest BCUT2D eigenvalue weighted by atomic mass is 10.1. The molecule has 0 aliphatic carbocycles. The van der Waals surface area contributed by atoms with E-state index in [-0.39, 0.29) is 17.8 Å². The number of rotatable bonds is 10. The number of methoxy groups -OCH3 is 2. The molecule has 4 rings (SSSR count). The van der Waals surface area contributed by atoms with Crippen LogP contribution in [0.4, 0.5) is 5.69 Å². The normalized spacial score (nSPS) is 16.3. The van der Waals surface area contributed by atoms with Crippen molar-refractivity contribution in [1.82, 2.24) is 20.0 Å². The highest BCUT2D eigenvalue weighted by Crippen LogP contribution is 2.34. The summed E-state index contributed by atoms with van der Waals surface area (Å²) in [5, 5.41) is 7.73. The molecule has 210 valence electrons. The van der Waals surface area contributed by atoms with Crippen molar-refractivity contribution in [3.05, 3.63) is 53.7 Å². The van der Waals surface area contributed by atoms with E-state index >= 15 is 0 Å². The van der Waals surface area contributed by atoms with Crippen LogP contribution < -0.4 is 10.1 Å². The predicted octanol–water partition coefficient (Wildman–Crippen LogP) is 2.09. The van der Waals surface area contributed by atoms with Gasteiger partial charge in [-0.05, 0) is 11.6 Å². The Kier molecular flexibility index (Phi) is 9.17. The van der Waals surface area contributed by atoms with Crippen molar-refractivity contribution < 1.29 is 32.6 Å². The molecule has 1 saturated heterocycles. The van der Waals surface area contributed by atoms with E-state index in [9.17, 15) is 18.4 Å². The van der Waals surface area contributed by atoms with Gasteiger partial charge in [0.05, 0.1) is 39.7 Å². The molecule has 0 bridgehead atoms. The van der Waals surface area contributed by atoms with Gasteiger partial charge in [0, 0.05) is 43.8 Å². The summed E-state index contributed by atoms with van der Waals surface area (Å²) < 4.78 is 43.3. The highest BCUT2D eigenvalue weighted by molar-refractivity contribution is 7.87. The molecule has 3 aromatic rings. The van der Waals surface area contributed by atoms with Gasteiger partial charge in [-0.25, -0.2) is 9.00 Å². The van der Waals surface area contributed by atoms with E-state index in [1.54, 1.807) is 4.68 Å². The van der Waals surface area contributed by atoms with Gasteiger partial charge in [-0.2, -0.15) is 9.46 Å². The number of carbonyl (C=O) groups excluding carboxylic acids is 2. The van der Waals surface area contributed by atoms with Crippen molar-refractivity contribution in [2.24, 2.45) is 4.36 Å². The largest absolute Gasteiger partial charge is 0.494 e. The van der Waals surface area contributed by atoms with Crippen molar-refractivity contribution in [2.75, 3.05) is 53.3 Å². The van der Waals surface area contributed by atoms with Crippen LogP contribution in [0.5, 0.6) is 5.75 Å². The number of nitrogens with zero attached hydrogens (tertiary/aromatic N) is 4. The molecule has 0 spiro atoms. The second-order valence-corrected chi connectivity index (χ2v) is 10.9. The number of benzene rings is 2. The Morgan fingerprint density at radius 2 is 1.90 bits per heavy atom. The van der Waals surface area contributed by atoms with E-state index in [0.29, 0.717) is 43.0 Å². The van der Waals surface area contributed by atoms with Crippen LogP contribution in [0.15, 0.2) is 46.8 Å². The minimum atomic E-state index is -3.48. The Morgan fingerprint density at radius 3 is 2.54 bits per heavy atom. The maximum atomic E-state index is 13.6. The number of nitrogens with one attached hydrogen (secondary N) is 1. The van der Waals surface area contributed by atoms with Crippen LogP contribution in [0.1, 0.15) is 16.1 Å². The fourth-order valence-electron chi connectivity index (χ4n) is 4.47. The fourth-order valence-corrected chi connectivity index (χ4v) is 4.97. The zero-order chi connectivity index (χ0) is 28.0. The van der Waals surface area contributed by atoms with Gasteiger partial charge in [0.1, 0.15) is 17.3 Å². The SMILES string of the molecule is COC(=O)[C@H](Cc1ccccc1)NC(=O)c1nn(CCN2CCOCC2)c2c(OC)cc(N=S(C)(=O)O)cc12. The van der Waals surface area contributed by atoms with Gasteiger partial charge in [0.2, 0.25) is 0 Å². The molecule has 39 heavy (non-hydrogen) atoms. The molecule has 1 fully saturated rings. The Balaban J connectivity index is 1.74. The second kappa shape index (κ2) is 12.6. The van der Waals surface area contributed by atoms with E-state index in [1.165, 1.54) is 26.4 Å². The van der Waals surface area contributed by atoms with Crippen LogP contribution >= 0.6 is 0 Å². The van der Waals surface area contributed by atoms with Crippen molar-refractivity contribution in [3.8, 4) is 5.75 Å². The summed E-state index contributed by atoms with van der Waals surface area (Å²) in [6.45, 7) is 3.98. The average molecular weight is 560 g/mol. The van der Waals surface area contributed by atoms with Crippen LogP contribution in [-0.2, 0) is 37.2 Å². The third-order valence-corrected chi connectivity index (χ3v) is 6.86. The molecule has 0 saturated carbocycles. The first-order valence-corrected chi connectivity index (χ1v) is 14.3. The molecule has 2 heterocycles. The summed E-state index contributed by atoms with van der Waals surface area (Å²) in [7, 11) is -0.751. The number of aromatic nitrogens is 2. The van der Waals surface area contributed by atoms with Gasteiger partial charge in [0.25, 0.3) is 5.91 Å². The van der Waals surface area contributed by atoms with Crippen LogP contribution in [0, 0.1) is 0 Å². The summed E-state index contributed by atoms with van der Waals surface area (Å²) in [6.07, 6.45) is 1.31. The van der Waals surface area contributed by atoms with Gasteiger partial charge in [0.15, 0.2) is 15.7 Å². The number of hydrogen-bond donors (Lipinski definition) is 2. The van der Waals surface area contributed by atoms with Crippen LogP contribution in [-0.4, -0.2) is 94.7 Å². The number of hydrogen-bond acceptors (Lipinski definition) is 9. The molecule has 2 N–H and O–H groups in total. The molecular formula is C26H33N5O7S. The van der Waals surface area contributed by atoms with Crippen LogP contribution in [0.3, 0.4) is 0 Å². The molecular weight excluding hydrogens is 526 g/mol. The van der Waals surface area contributed by atoms with Crippen molar-refractivity contribution in [1.29, 1.82) is 0 Å². The summed E-state index contributed by atoms with van der Waals surface area (Å²) in [5.74, 6) is -0.850. The number of carbonyl (C=O) groups is 2. The van der Waals surface area contributed by atoms with Crippen LogP contribution in [0.25, 0.3) is 10.9 Å². The maximum Gasteiger partial charge on any atom is 0.328 e. The summed E-state index contributed by atoms with van der Waals surface area (Å²) in [6, 6.07) is 11.4. The monoisotopic (exact) mass is 559 g/mol. The zero-order valence-corrected chi connectivity index (χ0v) is 23.0. The highest BCUT2D eigenvalue weighted by Gasteiger charge is 2.27. The van der Waals surface area contributed by atoms with Gasteiger partial charge < -0.3 is 24.1 Å². The summed E-state index contributed by atoms with van der Waals surface area (Å²) in [4.78, 5) is 28.4. The Hall–Kier alpha value is -3.52. The summed E-state index contributed by atoms with van der Waals surface area (Å²) >= 11 is 0. The van der Waals surface area contributed by atoms with E-state index in [2.05, 4.69) is 19.7 Å². The van der Waals surface area contributed by atoms with E-state index < -0.39 is 27.9 Å². The third-order valence-electron chi connectivity index (χ3n) is 6.31. The first kappa shape index (κ1) is 28.5. The summed E-state index contributed by atoms with van der Waals surface area (Å²) in [5.41, 5.74) is 1.57. The molecule has 1 amide bonds. The minimum absolute atomic E-state index is 0.0323. The zero-order valence-electron chi connectivity index (χ0n) is 22.2. The van der Waals surface area contributed by atoms with Crippen molar-refractivity contribution in [2.45, 2.75) is 19.0 Å². The standard InChI is InChI=1S/C26H33N5O7S/c1-36-22-17-19(29-39(3,34)35)16-20-23(28-31(24(20)22)10-9-30-11-13-38-14-12-30)25(32)27-21(26(33)37-2)15-18-7-5-4-6-8-18/h4-8,16-17,21H,9-15H2,1-3H3,(H,27,32)(H,29,34,35)/t21-/m0/s1. The van der Waals surface area contributed by atoms with Gasteiger partial charge in [-0.15, -0.1) is 0 Å². The number of ether oxygens (including phenoxy) is 3. The topological polar surface area (TPSA) is 145 Å². The minimum Gasteiger partial charge on any atom is -0.494 e. The van der Waals surface area contributed by atoms with Crippen molar-refractivity contribution >= 4 is 38.5 Å². The third kappa shape index (κ3) is 7.32. The molecule has 1 aliphatic heterocycles. The molecule has 1 aliphatic rings. The lowest BCUT2D eigenvalue weighted by molar-refractivity contribution is -0.142. The molecule has 1 aromatic heterocycles. The Labute approximate surface area is 227 Å². The molecule has 2 aromatic carbocycles. The van der Waals surface area contributed by atoms with Gasteiger partial charge in [-0.3, -0.25) is 14.4 Å². The molecule has 1 unspecified atom stereocenters. The van der Waals surface area contributed by atoms with E-state index in [1.807, 2.05) is 30.3 Å². The average Bonchev–Trinajstić information content (AvgIpc) is 3.29. The molecule has 2 atom stereocenters. The quantitative estimate of drug-likeness (QED) is 0.357. The highest BCUT2D eigenvalue weighted by atomic mass is 32.2. The molecule has 0 radical (unpaired) electrons. The van der Waals surface area contributed by atoms with Gasteiger partial charge in [-0.1, -0.05) is 30.3 Å². The fraction of sp³-hybridized carbons (Fsp3) is 0.423. The predicted molar refractivity (Wildman–Crippen MR) is 146 cm³/mol. The van der Waals surface area contributed by atoms with E-state index in [0.717, 1.165) is 24.9 Å². The first-order valence-electron chi connectivity index (χ1n) is 12.4. The Morgan fingerprint density at radius 1 is 1.18 bits per heavy atom. The number of fused-ring (bicyclic) bond motifs is 1. The lowest BCUT2D eigenvalue weighted by Crippen LogP contribution is -2.43. The van der Waals surface area contributed by atoms with E-state index in [4.69, 9.17) is 14.2 Å². The maximum absolute atomic E-state index is 13.6. The molecule has 12 nitrogen and oxygen atoms in total. The first-order chi connectivity index (χ1) is 18.7. The van der Waals surface area contributed by atoms with Gasteiger partial charge >= 0.3 is 5.97 Å². The number of amides is 1. The second-order valence-electron chi connectivity index (χ2n) is 9.16. The Bertz CT molecular complexity index is 1440. The lowest BCUT2D eigenvalue weighted by Gasteiger charge is -2.26. The van der Waals surface area contributed by atoms with Crippen LogP contribution in [0.2, 0.25) is 0 Å².